The van der Waals surface area contributed by atoms with Gasteiger partial charge in [-0.15, -0.1) is 0 Å². The van der Waals surface area contributed by atoms with Crippen LogP contribution in [-0.4, -0.2) is 23.5 Å². The summed E-state index contributed by atoms with van der Waals surface area (Å²) >= 11 is 0. The Bertz CT molecular complexity index is 694. The number of aliphatic carboxylic acids is 1. The number of anilines is 2. The van der Waals surface area contributed by atoms with Crippen LogP contribution in [0.3, 0.4) is 0 Å². The van der Waals surface area contributed by atoms with Crippen LogP contribution < -0.4 is 10.6 Å². The molecule has 0 radical (unpaired) electrons. The Hall–Kier alpha value is -2.56. The van der Waals surface area contributed by atoms with Gasteiger partial charge < -0.3 is 10.8 Å². The number of benzene rings is 2. The molecule has 0 aliphatic carbocycles. The fourth-order valence-electron chi connectivity index (χ4n) is 2.36. The maximum Gasteiger partial charge on any atom is 0.323 e. The minimum atomic E-state index is -1.04. The molecule has 2 aromatic rings. The molecule has 0 aromatic heterocycles. The highest BCUT2D eigenvalue weighted by Gasteiger charge is 2.31. The number of carbonyl (C=O) groups excluding carboxylic acids is 1. The molecule has 18 heavy (non-hydrogen) atoms. The molecule has 5 nitrogen and oxygen atoms in total. The third-order valence-corrected chi connectivity index (χ3v) is 3.11. The lowest BCUT2D eigenvalue weighted by molar-refractivity contribution is -0.135. The zero-order valence-electron chi connectivity index (χ0n) is 9.38. The topological polar surface area (TPSA) is 83.6 Å². The third-order valence-electron chi connectivity index (χ3n) is 3.11. The molecule has 0 atom stereocenters. The van der Waals surface area contributed by atoms with E-state index in [1.807, 2.05) is 6.07 Å². The molecule has 0 spiro atoms. The van der Waals surface area contributed by atoms with Crippen molar-refractivity contribution in [3.63, 3.8) is 0 Å². The largest absolute Gasteiger partial charge is 0.480 e. The van der Waals surface area contributed by atoms with E-state index in [0.29, 0.717) is 16.9 Å². The minimum Gasteiger partial charge on any atom is -0.480 e. The van der Waals surface area contributed by atoms with Crippen LogP contribution >= 0.6 is 0 Å². The van der Waals surface area contributed by atoms with E-state index in [1.54, 1.807) is 24.3 Å². The van der Waals surface area contributed by atoms with Crippen molar-refractivity contribution in [3.05, 3.63) is 35.9 Å². The van der Waals surface area contributed by atoms with Crippen molar-refractivity contribution in [2.75, 3.05) is 17.2 Å². The Morgan fingerprint density at radius 1 is 1.28 bits per heavy atom. The van der Waals surface area contributed by atoms with Crippen molar-refractivity contribution in [2.45, 2.75) is 0 Å². The number of hydrogen-bond acceptors (Lipinski definition) is 3. The van der Waals surface area contributed by atoms with Crippen molar-refractivity contribution in [1.29, 1.82) is 0 Å². The van der Waals surface area contributed by atoms with Crippen molar-refractivity contribution in [2.24, 2.45) is 0 Å². The van der Waals surface area contributed by atoms with Gasteiger partial charge >= 0.3 is 5.97 Å². The highest BCUT2D eigenvalue weighted by Crippen LogP contribution is 2.39. The van der Waals surface area contributed by atoms with Gasteiger partial charge in [0.1, 0.15) is 6.54 Å². The van der Waals surface area contributed by atoms with Gasteiger partial charge in [0.25, 0.3) is 5.91 Å². The molecule has 0 saturated carbocycles. The van der Waals surface area contributed by atoms with E-state index in [9.17, 15) is 9.59 Å². The molecular formula is C13H10N2O3. The van der Waals surface area contributed by atoms with Crippen molar-refractivity contribution < 1.29 is 14.7 Å². The normalized spacial score (nSPS) is 13.3. The molecule has 3 rings (SSSR count). The quantitative estimate of drug-likeness (QED) is 0.781. The Balaban J connectivity index is 2.30. The van der Waals surface area contributed by atoms with Crippen LogP contribution in [0.25, 0.3) is 10.8 Å². The maximum atomic E-state index is 12.1. The first-order valence-corrected chi connectivity index (χ1v) is 5.44. The second-order valence-electron chi connectivity index (χ2n) is 4.19. The molecule has 1 amide bonds. The summed E-state index contributed by atoms with van der Waals surface area (Å²) in [5.74, 6) is -1.33. The predicted octanol–water partition coefficient (Wildman–Crippen LogP) is 1.47. The number of nitrogens with two attached hydrogens (primary N) is 1. The fraction of sp³-hybridized carbons (Fsp3) is 0.0769. The average Bonchev–Trinajstić information content (AvgIpc) is 2.60. The van der Waals surface area contributed by atoms with E-state index in [-0.39, 0.29) is 12.5 Å². The van der Waals surface area contributed by atoms with Crippen LogP contribution in [0.1, 0.15) is 10.4 Å². The fourth-order valence-corrected chi connectivity index (χ4v) is 2.36. The number of carboxylic acids is 1. The second-order valence-corrected chi connectivity index (χ2v) is 4.19. The van der Waals surface area contributed by atoms with E-state index >= 15 is 0 Å². The summed E-state index contributed by atoms with van der Waals surface area (Å²) in [7, 11) is 0. The Labute approximate surface area is 102 Å². The first-order valence-electron chi connectivity index (χ1n) is 5.44. The number of hydrogen-bond donors (Lipinski definition) is 2. The SMILES string of the molecule is Nc1ccc2c3c(cccc13)C(=O)N2CC(=O)O. The molecule has 1 heterocycles. The Morgan fingerprint density at radius 3 is 2.78 bits per heavy atom. The summed E-state index contributed by atoms with van der Waals surface area (Å²) in [5.41, 5.74) is 7.58. The maximum absolute atomic E-state index is 12.1. The minimum absolute atomic E-state index is 0.288. The lowest BCUT2D eigenvalue weighted by atomic mass is 10.0. The number of carboxylic acid groups (broad SMARTS) is 1. The monoisotopic (exact) mass is 242 g/mol. The van der Waals surface area contributed by atoms with Gasteiger partial charge in [-0.1, -0.05) is 12.1 Å². The number of nitrogen functional groups attached to an aromatic ring is 1. The lowest BCUT2D eigenvalue weighted by Gasteiger charge is -2.14. The van der Waals surface area contributed by atoms with E-state index in [1.165, 1.54) is 4.90 Å². The van der Waals surface area contributed by atoms with Crippen LogP contribution in [0.15, 0.2) is 30.3 Å². The molecular weight excluding hydrogens is 232 g/mol. The zero-order valence-corrected chi connectivity index (χ0v) is 9.38. The molecule has 90 valence electrons. The van der Waals surface area contributed by atoms with Gasteiger partial charge in [-0.3, -0.25) is 14.5 Å². The van der Waals surface area contributed by atoms with Gasteiger partial charge in [-0.05, 0) is 18.2 Å². The first-order chi connectivity index (χ1) is 8.59. The highest BCUT2D eigenvalue weighted by atomic mass is 16.4. The Morgan fingerprint density at radius 2 is 2.06 bits per heavy atom. The first kappa shape index (κ1) is 10.6. The molecule has 0 saturated heterocycles. The summed E-state index contributed by atoms with van der Waals surface area (Å²) in [5, 5.41) is 10.4. The molecule has 1 aliphatic heterocycles. The molecule has 5 heteroatoms. The second kappa shape index (κ2) is 3.46. The van der Waals surface area contributed by atoms with Gasteiger partial charge in [0.05, 0.1) is 5.69 Å². The summed E-state index contributed by atoms with van der Waals surface area (Å²) < 4.78 is 0. The molecule has 3 N–H and O–H groups in total. The third kappa shape index (κ3) is 1.27. The van der Waals surface area contributed by atoms with E-state index < -0.39 is 5.97 Å². The zero-order chi connectivity index (χ0) is 12.9. The standard InChI is InChI=1S/C13H10N2O3/c14-9-4-5-10-12-7(9)2-1-3-8(12)13(18)15(10)6-11(16)17/h1-5H,6,14H2,(H,16,17). The van der Waals surface area contributed by atoms with E-state index in [2.05, 4.69) is 0 Å². The predicted molar refractivity (Wildman–Crippen MR) is 67.7 cm³/mol. The van der Waals surface area contributed by atoms with Crippen LogP contribution in [0.4, 0.5) is 11.4 Å². The van der Waals surface area contributed by atoms with E-state index in [0.717, 1.165) is 10.8 Å². The lowest BCUT2D eigenvalue weighted by Crippen LogP contribution is -2.32. The molecule has 0 unspecified atom stereocenters. The molecule has 0 fully saturated rings. The van der Waals surface area contributed by atoms with Gasteiger partial charge in [-0.25, -0.2) is 0 Å². The van der Waals surface area contributed by atoms with Crippen molar-refractivity contribution >= 4 is 34.0 Å². The summed E-state index contributed by atoms with van der Waals surface area (Å²) in [6, 6.07) is 8.65. The van der Waals surface area contributed by atoms with Crippen LogP contribution in [-0.2, 0) is 4.79 Å². The smallest absolute Gasteiger partial charge is 0.323 e. The van der Waals surface area contributed by atoms with Crippen LogP contribution in [0.2, 0.25) is 0 Å². The van der Waals surface area contributed by atoms with Gasteiger partial charge in [0.15, 0.2) is 0 Å². The van der Waals surface area contributed by atoms with E-state index in [4.69, 9.17) is 10.8 Å². The van der Waals surface area contributed by atoms with Gasteiger partial charge in [0.2, 0.25) is 0 Å². The summed E-state index contributed by atoms with van der Waals surface area (Å²) in [4.78, 5) is 24.2. The molecule has 0 bridgehead atoms. The van der Waals surface area contributed by atoms with Crippen LogP contribution in [0, 0.1) is 0 Å². The summed E-state index contributed by atoms with van der Waals surface area (Å²) in [6.45, 7) is -0.341. The molecule has 2 aromatic carbocycles. The number of nitrogens with zero attached hydrogens (tertiary/aromatic N) is 1. The molecule has 1 aliphatic rings. The van der Waals surface area contributed by atoms with Gasteiger partial charge in [0, 0.05) is 22.0 Å². The number of rotatable bonds is 2. The van der Waals surface area contributed by atoms with Crippen molar-refractivity contribution in [1.82, 2.24) is 0 Å². The summed E-state index contributed by atoms with van der Waals surface area (Å²) in [6.07, 6.45) is 0. The van der Waals surface area contributed by atoms with Crippen molar-refractivity contribution in [3.8, 4) is 0 Å². The number of amides is 1. The van der Waals surface area contributed by atoms with Crippen LogP contribution in [0.5, 0.6) is 0 Å². The number of carbonyl (C=O) groups is 2. The Kier molecular flexibility index (Phi) is 2.04. The highest BCUT2D eigenvalue weighted by molar-refractivity contribution is 6.27. The van der Waals surface area contributed by atoms with Gasteiger partial charge in [-0.2, -0.15) is 0 Å². The average molecular weight is 242 g/mol.